The zero-order chi connectivity index (χ0) is 27.1. The van der Waals surface area contributed by atoms with E-state index in [0.29, 0.717) is 35.8 Å². The number of rotatable bonds is 13. The van der Waals surface area contributed by atoms with Crippen molar-refractivity contribution in [2.24, 2.45) is 0 Å². The van der Waals surface area contributed by atoms with Crippen LogP contribution in [0.2, 0.25) is 0 Å². The highest BCUT2D eigenvalue weighted by atomic mass is 31.2. The third kappa shape index (κ3) is 6.43. The number of hydrogen-bond acceptors (Lipinski definition) is 10. The second-order valence-electron chi connectivity index (χ2n) is 8.24. The van der Waals surface area contributed by atoms with Crippen molar-refractivity contribution in [1.29, 1.82) is 0 Å². The van der Waals surface area contributed by atoms with E-state index in [2.05, 4.69) is 19.1 Å². The van der Waals surface area contributed by atoms with E-state index < -0.39 is 14.6 Å². The van der Waals surface area contributed by atoms with Gasteiger partial charge in [0.1, 0.15) is 11.5 Å². The van der Waals surface area contributed by atoms with Crippen LogP contribution in [0, 0.1) is 0 Å². The summed E-state index contributed by atoms with van der Waals surface area (Å²) >= 11 is 0. The van der Waals surface area contributed by atoms with E-state index in [9.17, 15) is 4.57 Å². The van der Waals surface area contributed by atoms with Gasteiger partial charge in [0.15, 0.2) is 5.65 Å². The third-order valence-corrected chi connectivity index (χ3v) is 6.73. The van der Waals surface area contributed by atoms with Crippen molar-refractivity contribution in [3.63, 3.8) is 0 Å². The van der Waals surface area contributed by atoms with Gasteiger partial charge < -0.3 is 9.15 Å². The summed E-state index contributed by atoms with van der Waals surface area (Å²) in [6, 6.07) is 23.4. The summed E-state index contributed by atoms with van der Waals surface area (Å²) < 4.78 is 40.4. The maximum Gasteiger partial charge on any atom is 0.532 e. The van der Waals surface area contributed by atoms with Gasteiger partial charge in [-0.25, -0.2) is 28.8 Å². The van der Waals surface area contributed by atoms with Gasteiger partial charge in [0.25, 0.3) is 0 Å². The molecule has 0 aliphatic carbocycles. The Morgan fingerprint density at radius 3 is 2.23 bits per heavy atom. The van der Waals surface area contributed by atoms with Crippen LogP contribution in [0.4, 0.5) is 0 Å². The molecule has 5 aromatic rings. The molecular formula is C27H26N3O8P. The Kier molecular flexibility index (Phi) is 8.48. The molecule has 0 fully saturated rings. The van der Waals surface area contributed by atoms with Crippen molar-refractivity contribution < 1.29 is 37.4 Å². The number of nitrogens with zero attached hydrogens (tertiary/aromatic N) is 3. The van der Waals surface area contributed by atoms with Gasteiger partial charge in [-0.15, -0.1) is 9.35 Å². The van der Waals surface area contributed by atoms with Gasteiger partial charge in [-0.2, -0.15) is 0 Å². The fraction of sp³-hybridized carbons (Fsp3) is 0.185. The normalized spacial score (nSPS) is 11.7. The minimum absolute atomic E-state index is 0.330. The second-order valence-corrected chi connectivity index (χ2v) is 9.69. The predicted octanol–water partition coefficient (Wildman–Crippen LogP) is 5.79. The van der Waals surface area contributed by atoms with Crippen molar-refractivity contribution in [2.45, 2.75) is 12.8 Å². The second kappa shape index (κ2) is 12.4. The van der Waals surface area contributed by atoms with Crippen LogP contribution in [0.5, 0.6) is 5.88 Å². The van der Waals surface area contributed by atoms with Crippen LogP contribution < -0.4 is 4.74 Å². The zero-order valence-electron chi connectivity index (χ0n) is 21.3. The van der Waals surface area contributed by atoms with E-state index in [1.165, 1.54) is 0 Å². The highest BCUT2D eigenvalue weighted by Gasteiger charge is 2.31. The summed E-state index contributed by atoms with van der Waals surface area (Å²) in [4.78, 5) is 18.8. The summed E-state index contributed by atoms with van der Waals surface area (Å²) in [5, 5.41) is 0. The smallest absolute Gasteiger partial charge is 0.469 e. The highest BCUT2D eigenvalue weighted by Crippen LogP contribution is 2.49. The van der Waals surface area contributed by atoms with E-state index in [0.717, 1.165) is 36.7 Å². The molecule has 39 heavy (non-hydrogen) atoms. The number of hydrogen-bond donors (Lipinski definition) is 0. The minimum Gasteiger partial charge on any atom is -0.469 e. The monoisotopic (exact) mass is 551 g/mol. The van der Waals surface area contributed by atoms with E-state index in [4.69, 9.17) is 23.6 Å². The van der Waals surface area contributed by atoms with Crippen molar-refractivity contribution in [3.8, 4) is 17.1 Å². The van der Waals surface area contributed by atoms with Crippen LogP contribution in [-0.4, -0.2) is 35.4 Å². The Bertz CT molecular complexity index is 1530. The molecule has 0 spiro atoms. The van der Waals surface area contributed by atoms with Crippen LogP contribution in [0.3, 0.4) is 0 Å². The highest BCUT2D eigenvalue weighted by molar-refractivity contribution is 7.48. The minimum atomic E-state index is -4.21. The number of benzene rings is 2. The van der Waals surface area contributed by atoms with E-state index >= 15 is 0 Å². The molecule has 3 heterocycles. The fourth-order valence-electron chi connectivity index (χ4n) is 4.02. The Balaban J connectivity index is 1.59. The molecule has 12 heteroatoms. The molecule has 0 bridgehead atoms. The standard InChI is InChI=1S/C27H26N3O8P/c1-32-37-39(31,38-33-2)36-19-35-27-24(17-22-14-9-15-34-22)29-26-23(16-20-10-5-3-6-11-20)28-25(18-30(26)27)21-12-7-4-8-13-21/h3-15,18H,16-17,19H2,1-2H3. The average molecular weight is 551 g/mol. The van der Waals surface area contributed by atoms with E-state index in [1.807, 2.05) is 72.9 Å². The summed E-state index contributed by atoms with van der Waals surface area (Å²) in [5.74, 6) is 1.03. The van der Waals surface area contributed by atoms with Gasteiger partial charge in [-0.05, 0) is 17.7 Å². The molecule has 0 radical (unpaired) electrons. The first-order chi connectivity index (χ1) is 19.1. The lowest BCUT2D eigenvalue weighted by molar-refractivity contribution is -0.261. The molecule has 0 atom stereocenters. The Hall–Kier alpha value is -3.83. The number of phosphoric acid groups is 1. The lowest BCUT2D eigenvalue weighted by Crippen LogP contribution is -2.08. The van der Waals surface area contributed by atoms with Gasteiger partial charge in [-0.3, -0.25) is 4.40 Å². The number of imidazole rings is 1. The molecular weight excluding hydrogens is 525 g/mol. The predicted molar refractivity (Wildman–Crippen MR) is 140 cm³/mol. The van der Waals surface area contributed by atoms with Crippen LogP contribution in [0.1, 0.15) is 22.7 Å². The van der Waals surface area contributed by atoms with Gasteiger partial charge >= 0.3 is 7.82 Å². The van der Waals surface area contributed by atoms with Crippen LogP contribution in [-0.2, 0) is 41.1 Å². The molecule has 0 N–H and O–H groups in total. The van der Waals surface area contributed by atoms with Gasteiger partial charge in [0.2, 0.25) is 12.7 Å². The van der Waals surface area contributed by atoms with Crippen molar-refractivity contribution in [3.05, 3.63) is 108 Å². The molecule has 3 aromatic heterocycles. The zero-order valence-corrected chi connectivity index (χ0v) is 22.2. The Labute approximate surface area is 224 Å². The van der Waals surface area contributed by atoms with Crippen LogP contribution >= 0.6 is 7.82 Å². The molecule has 0 unspecified atom stereocenters. The quantitative estimate of drug-likeness (QED) is 0.0771. The molecule has 0 saturated heterocycles. The first-order valence-electron chi connectivity index (χ1n) is 11.9. The first kappa shape index (κ1) is 26.8. The third-order valence-electron chi connectivity index (χ3n) is 5.64. The van der Waals surface area contributed by atoms with Crippen molar-refractivity contribution >= 4 is 13.5 Å². The summed E-state index contributed by atoms with van der Waals surface area (Å²) in [6.45, 7) is -0.528. The summed E-state index contributed by atoms with van der Waals surface area (Å²) in [6.07, 6.45) is 4.29. The van der Waals surface area contributed by atoms with E-state index in [1.54, 1.807) is 16.7 Å². The maximum absolute atomic E-state index is 12.6. The molecule has 2 aromatic carbocycles. The summed E-state index contributed by atoms with van der Waals surface area (Å²) in [7, 11) is -1.89. The van der Waals surface area contributed by atoms with Gasteiger partial charge in [0, 0.05) is 18.2 Å². The van der Waals surface area contributed by atoms with Crippen LogP contribution in [0.15, 0.2) is 89.7 Å². The molecule has 0 aliphatic rings. The molecule has 0 amide bonds. The Morgan fingerprint density at radius 1 is 0.846 bits per heavy atom. The molecule has 0 aliphatic heterocycles. The first-order valence-corrected chi connectivity index (χ1v) is 13.4. The largest absolute Gasteiger partial charge is 0.532 e. The number of aromatic nitrogens is 3. The lowest BCUT2D eigenvalue weighted by atomic mass is 10.1. The molecule has 11 nitrogen and oxygen atoms in total. The van der Waals surface area contributed by atoms with Crippen LogP contribution in [0.25, 0.3) is 16.9 Å². The van der Waals surface area contributed by atoms with Crippen molar-refractivity contribution in [1.82, 2.24) is 14.4 Å². The SMILES string of the molecule is COOP(=O)(OCOc1c(Cc2ccco2)nc2c(Cc3ccccc3)nc(-c3ccccc3)cn12)OOC. The van der Waals surface area contributed by atoms with Gasteiger partial charge in [-0.1, -0.05) is 60.7 Å². The molecule has 0 saturated carbocycles. The fourth-order valence-corrected chi connectivity index (χ4v) is 4.68. The maximum atomic E-state index is 12.6. The number of fused-ring (bicyclic) bond motifs is 1. The summed E-state index contributed by atoms with van der Waals surface area (Å²) in [5.41, 5.74) is 4.62. The van der Waals surface area contributed by atoms with Gasteiger partial charge in [0.05, 0.1) is 38.3 Å². The lowest BCUT2D eigenvalue weighted by Gasteiger charge is -2.14. The number of furan rings is 1. The number of ether oxygens (including phenoxy) is 1. The Morgan fingerprint density at radius 2 is 1.56 bits per heavy atom. The average Bonchev–Trinajstić information content (AvgIpc) is 3.58. The molecule has 202 valence electrons. The molecule has 5 rings (SSSR count). The topological polar surface area (TPSA) is 116 Å². The van der Waals surface area contributed by atoms with E-state index in [-0.39, 0.29) is 0 Å². The van der Waals surface area contributed by atoms with Crippen molar-refractivity contribution in [2.75, 3.05) is 21.0 Å².